The standard InChI is InChI=1S/C12H17N3O3S.ClH/c13-12(6-2-1-3-7-12)8-14-11(16)9-4-5-10(19-9)15(17)18;/h4-5H,1-3,6-8,13H2,(H,14,16);1H. The first-order valence-electron chi connectivity index (χ1n) is 6.31. The summed E-state index contributed by atoms with van der Waals surface area (Å²) in [6, 6.07) is 2.82. The fourth-order valence-corrected chi connectivity index (χ4v) is 3.06. The summed E-state index contributed by atoms with van der Waals surface area (Å²) in [5, 5.41) is 13.3. The number of nitrogens with two attached hydrogens (primary N) is 1. The molecule has 6 nitrogen and oxygen atoms in total. The molecule has 1 aromatic rings. The number of nitro groups is 1. The zero-order chi connectivity index (χ0) is 13.9. The molecule has 0 atom stereocenters. The van der Waals surface area contributed by atoms with Crippen LogP contribution in [0.15, 0.2) is 12.1 Å². The third-order valence-electron chi connectivity index (χ3n) is 3.45. The second-order valence-electron chi connectivity index (χ2n) is 5.00. The quantitative estimate of drug-likeness (QED) is 0.658. The highest BCUT2D eigenvalue weighted by Crippen LogP contribution is 2.26. The van der Waals surface area contributed by atoms with Gasteiger partial charge in [0, 0.05) is 18.2 Å². The molecular weight excluding hydrogens is 302 g/mol. The van der Waals surface area contributed by atoms with Crippen molar-refractivity contribution in [2.45, 2.75) is 37.6 Å². The predicted molar refractivity (Wildman–Crippen MR) is 80.6 cm³/mol. The van der Waals surface area contributed by atoms with Gasteiger partial charge in [-0.2, -0.15) is 0 Å². The molecule has 8 heteroatoms. The fourth-order valence-electron chi connectivity index (χ4n) is 2.32. The Labute approximate surface area is 127 Å². The summed E-state index contributed by atoms with van der Waals surface area (Å²) in [4.78, 5) is 22.3. The van der Waals surface area contributed by atoms with Crippen LogP contribution < -0.4 is 11.1 Å². The highest BCUT2D eigenvalue weighted by Gasteiger charge is 2.28. The van der Waals surface area contributed by atoms with E-state index in [2.05, 4.69) is 5.32 Å². The zero-order valence-electron chi connectivity index (χ0n) is 11.0. The molecule has 20 heavy (non-hydrogen) atoms. The van der Waals surface area contributed by atoms with E-state index in [-0.39, 0.29) is 28.9 Å². The number of nitrogens with zero attached hydrogens (tertiary/aromatic N) is 1. The van der Waals surface area contributed by atoms with E-state index < -0.39 is 4.92 Å². The molecule has 1 saturated carbocycles. The number of carbonyl (C=O) groups excluding carboxylic acids is 1. The zero-order valence-corrected chi connectivity index (χ0v) is 12.6. The Hall–Kier alpha value is -1.18. The molecule has 0 spiro atoms. The van der Waals surface area contributed by atoms with Crippen LogP contribution in [0.2, 0.25) is 0 Å². The van der Waals surface area contributed by atoms with E-state index in [4.69, 9.17) is 5.73 Å². The lowest BCUT2D eigenvalue weighted by Crippen LogP contribution is -2.51. The lowest BCUT2D eigenvalue weighted by Gasteiger charge is -2.33. The smallest absolute Gasteiger partial charge is 0.324 e. The Morgan fingerprint density at radius 3 is 2.60 bits per heavy atom. The van der Waals surface area contributed by atoms with Crippen molar-refractivity contribution in [3.8, 4) is 0 Å². The lowest BCUT2D eigenvalue weighted by atomic mass is 9.82. The molecule has 1 aliphatic rings. The molecular formula is C12H18ClN3O3S. The van der Waals surface area contributed by atoms with Gasteiger partial charge in [0.2, 0.25) is 0 Å². The van der Waals surface area contributed by atoms with Gasteiger partial charge < -0.3 is 11.1 Å². The van der Waals surface area contributed by atoms with Gasteiger partial charge in [0.15, 0.2) is 0 Å². The Balaban J connectivity index is 0.00000200. The van der Waals surface area contributed by atoms with Crippen LogP contribution in [0.4, 0.5) is 5.00 Å². The molecule has 0 aromatic carbocycles. The number of hydrogen-bond acceptors (Lipinski definition) is 5. The van der Waals surface area contributed by atoms with E-state index in [0.29, 0.717) is 11.4 Å². The van der Waals surface area contributed by atoms with Gasteiger partial charge in [-0.25, -0.2) is 0 Å². The van der Waals surface area contributed by atoms with Gasteiger partial charge in [-0.15, -0.1) is 12.4 Å². The van der Waals surface area contributed by atoms with Crippen LogP contribution in [0, 0.1) is 10.1 Å². The van der Waals surface area contributed by atoms with Crippen molar-refractivity contribution in [3.05, 3.63) is 27.1 Å². The summed E-state index contributed by atoms with van der Waals surface area (Å²) >= 11 is 0.883. The molecule has 2 rings (SSSR count). The minimum atomic E-state index is -0.493. The Morgan fingerprint density at radius 2 is 2.05 bits per heavy atom. The van der Waals surface area contributed by atoms with Crippen molar-refractivity contribution in [3.63, 3.8) is 0 Å². The summed E-state index contributed by atoms with van der Waals surface area (Å²) in [6.07, 6.45) is 5.22. The van der Waals surface area contributed by atoms with Crippen LogP contribution in [0.25, 0.3) is 0 Å². The maximum Gasteiger partial charge on any atom is 0.324 e. The average Bonchev–Trinajstić information content (AvgIpc) is 2.87. The molecule has 1 aliphatic carbocycles. The number of amides is 1. The van der Waals surface area contributed by atoms with Crippen LogP contribution >= 0.6 is 23.7 Å². The summed E-state index contributed by atoms with van der Waals surface area (Å²) in [7, 11) is 0. The van der Waals surface area contributed by atoms with Crippen LogP contribution in [0.5, 0.6) is 0 Å². The molecule has 0 aliphatic heterocycles. The molecule has 0 bridgehead atoms. The molecule has 1 amide bonds. The van der Waals surface area contributed by atoms with Gasteiger partial charge >= 0.3 is 5.00 Å². The first kappa shape index (κ1) is 16.9. The van der Waals surface area contributed by atoms with E-state index in [1.807, 2.05) is 0 Å². The van der Waals surface area contributed by atoms with E-state index in [0.717, 1.165) is 37.0 Å². The average molecular weight is 320 g/mol. The molecule has 0 unspecified atom stereocenters. The molecule has 0 saturated heterocycles. The first-order chi connectivity index (χ1) is 9.00. The number of nitrogens with one attached hydrogen (secondary N) is 1. The third-order valence-corrected chi connectivity index (χ3v) is 4.48. The van der Waals surface area contributed by atoms with Crippen molar-refractivity contribution >= 4 is 34.7 Å². The molecule has 1 fully saturated rings. The van der Waals surface area contributed by atoms with Crippen molar-refractivity contribution in [1.82, 2.24) is 5.32 Å². The second-order valence-corrected chi connectivity index (χ2v) is 6.06. The minimum Gasteiger partial charge on any atom is -0.349 e. The Bertz CT molecular complexity index is 486. The summed E-state index contributed by atoms with van der Waals surface area (Å²) in [6.45, 7) is 0.428. The van der Waals surface area contributed by atoms with E-state index in [1.165, 1.54) is 18.6 Å². The first-order valence-corrected chi connectivity index (χ1v) is 7.13. The van der Waals surface area contributed by atoms with Gasteiger partial charge in [0.25, 0.3) is 5.91 Å². The Morgan fingerprint density at radius 1 is 1.40 bits per heavy atom. The maximum absolute atomic E-state index is 11.9. The normalized spacial score (nSPS) is 17.1. The van der Waals surface area contributed by atoms with E-state index in [1.54, 1.807) is 0 Å². The fraction of sp³-hybridized carbons (Fsp3) is 0.583. The van der Waals surface area contributed by atoms with Gasteiger partial charge in [-0.3, -0.25) is 14.9 Å². The largest absolute Gasteiger partial charge is 0.349 e. The second kappa shape index (κ2) is 7.01. The highest BCUT2D eigenvalue weighted by atomic mass is 35.5. The van der Waals surface area contributed by atoms with E-state index >= 15 is 0 Å². The number of carbonyl (C=O) groups is 1. The maximum atomic E-state index is 11.9. The summed E-state index contributed by atoms with van der Waals surface area (Å²) < 4.78 is 0. The monoisotopic (exact) mass is 319 g/mol. The SMILES string of the molecule is Cl.NC1(CNC(=O)c2ccc([N+](=O)[O-])s2)CCCCC1. The number of rotatable bonds is 4. The molecule has 1 aromatic heterocycles. The van der Waals surface area contributed by atoms with E-state index in [9.17, 15) is 14.9 Å². The van der Waals surface area contributed by atoms with Crippen molar-refractivity contribution in [2.75, 3.05) is 6.54 Å². The lowest BCUT2D eigenvalue weighted by molar-refractivity contribution is -0.380. The van der Waals surface area contributed by atoms with Crippen LogP contribution in [-0.2, 0) is 0 Å². The van der Waals surface area contributed by atoms with Gasteiger partial charge in [0.1, 0.15) is 0 Å². The van der Waals surface area contributed by atoms with Crippen LogP contribution in [0.3, 0.4) is 0 Å². The van der Waals surface area contributed by atoms with Crippen LogP contribution in [0.1, 0.15) is 41.8 Å². The molecule has 1 heterocycles. The van der Waals surface area contributed by atoms with Gasteiger partial charge in [-0.1, -0.05) is 30.6 Å². The van der Waals surface area contributed by atoms with Gasteiger partial charge in [0.05, 0.1) is 9.80 Å². The predicted octanol–water partition coefficient (Wildman–Crippen LogP) is 2.47. The summed E-state index contributed by atoms with van der Waals surface area (Å²) in [5.74, 6) is -0.284. The van der Waals surface area contributed by atoms with Crippen molar-refractivity contribution in [1.29, 1.82) is 0 Å². The number of thiophene rings is 1. The minimum absolute atomic E-state index is 0. The Kier molecular flexibility index (Phi) is 5.91. The number of hydrogen-bond donors (Lipinski definition) is 2. The van der Waals surface area contributed by atoms with Crippen LogP contribution in [-0.4, -0.2) is 22.9 Å². The number of halogens is 1. The molecule has 0 radical (unpaired) electrons. The van der Waals surface area contributed by atoms with Crippen molar-refractivity contribution < 1.29 is 9.72 Å². The van der Waals surface area contributed by atoms with Crippen molar-refractivity contribution in [2.24, 2.45) is 5.73 Å². The molecule has 112 valence electrons. The highest BCUT2D eigenvalue weighted by molar-refractivity contribution is 7.17. The topological polar surface area (TPSA) is 98.3 Å². The summed E-state index contributed by atoms with van der Waals surface area (Å²) in [5.41, 5.74) is 5.90. The van der Waals surface area contributed by atoms with Gasteiger partial charge in [-0.05, 0) is 18.9 Å². The molecule has 3 N–H and O–H groups in total. The third kappa shape index (κ3) is 4.16.